The smallest absolute Gasteiger partial charge is 0.125 e. The average Bonchev–Trinajstić information content (AvgIpc) is 1.83. The number of hydrogen-bond donors (Lipinski definition) is 1. The van der Waals surface area contributed by atoms with Crippen LogP contribution >= 0.6 is 0 Å². The SMILES string of the molecule is CCCC([CH]O)C=O. The number of aliphatic hydroxyl groups is 1. The second-order valence-corrected chi connectivity index (χ2v) is 1.74. The summed E-state index contributed by atoms with van der Waals surface area (Å²) in [5.41, 5.74) is 0. The van der Waals surface area contributed by atoms with E-state index in [0.29, 0.717) is 0 Å². The quantitative estimate of drug-likeness (QED) is 0.558. The summed E-state index contributed by atoms with van der Waals surface area (Å²) in [6.45, 7) is 2.91. The van der Waals surface area contributed by atoms with E-state index in [1.54, 1.807) is 0 Å². The van der Waals surface area contributed by atoms with Crippen molar-refractivity contribution in [3.63, 3.8) is 0 Å². The third-order valence-corrected chi connectivity index (χ3v) is 0.988. The van der Waals surface area contributed by atoms with Crippen molar-refractivity contribution in [3.05, 3.63) is 6.61 Å². The van der Waals surface area contributed by atoms with E-state index in [2.05, 4.69) is 0 Å². The van der Waals surface area contributed by atoms with Crippen molar-refractivity contribution >= 4 is 6.29 Å². The molecule has 0 aliphatic rings. The van der Waals surface area contributed by atoms with Gasteiger partial charge in [0.25, 0.3) is 0 Å². The summed E-state index contributed by atoms with van der Waals surface area (Å²) in [5.74, 6) is -0.250. The number of carbonyl (C=O) groups excluding carboxylic acids is 1. The van der Waals surface area contributed by atoms with Gasteiger partial charge in [0.1, 0.15) is 6.29 Å². The Kier molecular flexibility index (Phi) is 4.56. The van der Waals surface area contributed by atoms with E-state index in [1.165, 1.54) is 0 Å². The van der Waals surface area contributed by atoms with Gasteiger partial charge in [0, 0.05) is 5.92 Å². The minimum absolute atomic E-state index is 0.250. The summed E-state index contributed by atoms with van der Waals surface area (Å²) in [7, 11) is 0. The second-order valence-electron chi connectivity index (χ2n) is 1.74. The van der Waals surface area contributed by atoms with Crippen LogP contribution < -0.4 is 0 Å². The van der Waals surface area contributed by atoms with Crippen LogP contribution in [0.25, 0.3) is 0 Å². The van der Waals surface area contributed by atoms with Crippen molar-refractivity contribution in [3.8, 4) is 0 Å². The number of aliphatic hydroxyl groups excluding tert-OH is 1. The zero-order valence-corrected chi connectivity index (χ0v) is 5.00. The minimum Gasteiger partial charge on any atom is -0.390 e. The molecule has 0 saturated heterocycles. The maximum absolute atomic E-state index is 9.93. The Balaban J connectivity index is 3.21. The first-order chi connectivity index (χ1) is 3.85. The normalized spacial score (nSPS) is 13.2. The molecule has 0 aromatic rings. The molecule has 0 bridgehead atoms. The Morgan fingerprint density at radius 2 is 2.38 bits per heavy atom. The molecule has 0 spiro atoms. The van der Waals surface area contributed by atoms with Gasteiger partial charge in [0.2, 0.25) is 0 Å². The number of hydrogen-bond acceptors (Lipinski definition) is 2. The fraction of sp³-hybridized carbons (Fsp3) is 0.667. The van der Waals surface area contributed by atoms with Gasteiger partial charge < -0.3 is 9.90 Å². The predicted octanol–water partition coefficient (Wildman–Crippen LogP) is 1.14. The van der Waals surface area contributed by atoms with Crippen molar-refractivity contribution in [2.75, 3.05) is 0 Å². The summed E-state index contributed by atoms with van der Waals surface area (Å²) >= 11 is 0. The third-order valence-electron chi connectivity index (χ3n) is 0.988. The lowest BCUT2D eigenvalue weighted by molar-refractivity contribution is -0.111. The largest absolute Gasteiger partial charge is 0.390 e. The highest BCUT2D eigenvalue weighted by atomic mass is 16.3. The standard InChI is InChI=1S/C6H11O2/c1-2-3-6(4-7)5-8/h4-7H,2-3H2,1H3. The molecule has 0 amide bonds. The van der Waals surface area contributed by atoms with Gasteiger partial charge in [-0.1, -0.05) is 13.3 Å². The summed E-state index contributed by atoms with van der Waals surface area (Å²) < 4.78 is 0. The van der Waals surface area contributed by atoms with Gasteiger partial charge in [-0.05, 0) is 6.42 Å². The molecule has 0 aromatic carbocycles. The average molecular weight is 115 g/mol. The number of carbonyl (C=O) groups is 1. The molecule has 2 nitrogen and oxygen atoms in total. The van der Waals surface area contributed by atoms with Crippen molar-refractivity contribution < 1.29 is 9.90 Å². The lowest BCUT2D eigenvalue weighted by Gasteiger charge is -1.99. The van der Waals surface area contributed by atoms with Crippen LogP contribution in [0.15, 0.2) is 0 Å². The van der Waals surface area contributed by atoms with Gasteiger partial charge in [0.05, 0.1) is 6.61 Å². The first kappa shape index (κ1) is 7.63. The van der Waals surface area contributed by atoms with E-state index in [4.69, 9.17) is 5.11 Å². The molecule has 2 heteroatoms. The molecule has 0 fully saturated rings. The fourth-order valence-electron chi connectivity index (χ4n) is 0.511. The molecule has 1 atom stereocenters. The molecule has 0 rings (SSSR count). The zero-order valence-electron chi connectivity index (χ0n) is 5.00. The lowest BCUT2D eigenvalue weighted by atomic mass is 10.1. The number of aldehydes is 1. The van der Waals surface area contributed by atoms with Crippen molar-refractivity contribution in [1.82, 2.24) is 0 Å². The van der Waals surface area contributed by atoms with E-state index in [0.717, 1.165) is 25.7 Å². The van der Waals surface area contributed by atoms with Gasteiger partial charge in [0.15, 0.2) is 0 Å². The molecular formula is C6H11O2. The monoisotopic (exact) mass is 115 g/mol. The van der Waals surface area contributed by atoms with Crippen LogP contribution in [0, 0.1) is 12.5 Å². The lowest BCUT2D eigenvalue weighted by Crippen LogP contribution is -2.00. The van der Waals surface area contributed by atoms with E-state index in [-0.39, 0.29) is 5.92 Å². The minimum atomic E-state index is -0.250. The molecule has 1 N–H and O–H groups in total. The van der Waals surface area contributed by atoms with Crippen molar-refractivity contribution in [2.24, 2.45) is 5.92 Å². The highest BCUT2D eigenvalue weighted by molar-refractivity contribution is 5.54. The molecule has 1 radical (unpaired) electrons. The summed E-state index contributed by atoms with van der Waals surface area (Å²) in [4.78, 5) is 9.93. The highest BCUT2D eigenvalue weighted by Gasteiger charge is 2.01. The predicted molar refractivity (Wildman–Crippen MR) is 30.7 cm³/mol. The Bertz CT molecular complexity index is 61.5. The Morgan fingerprint density at radius 1 is 1.75 bits per heavy atom. The van der Waals surface area contributed by atoms with Crippen LogP contribution in [-0.2, 0) is 4.79 Å². The van der Waals surface area contributed by atoms with Gasteiger partial charge in [-0.25, -0.2) is 0 Å². The van der Waals surface area contributed by atoms with Crippen LogP contribution in [0.1, 0.15) is 19.8 Å². The molecule has 0 heterocycles. The van der Waals surface area contributed by atoms with E-state index < -0.39 is 0 Å². The van der Waals surface area contributed by atoms with Gasteiger partial charge >= 0.3 is 0 Å². The summed E-state index contributed by atoms with van der Waals surface area (Å²) in [6, 6.07) is 0. The van der Waals surface area contributed by atoms with Crippen LogP contribution in [0.3, 0.4) is 0 Å². The van der Waals surface area contributed by atoms with Crippen molar-refractivity contribution in [2.45, 2.75) is 19.8 Å². The molecule has 1 unspecified atom stereocenters. The molecular weight excluding hydrogens is 104 g/mol. The molecule has 0 aliphatic heterocycles. The Labute approximate surface area is 49.5 Å². The molecule has 47 valence electrons. The first-order valence-corrected chi connectivity index (χ1v) is 2.78. The molecule has 0 aliphatic carbocycles. The summed E-state index contributed by atoms with van der Waals surface area (Å²) in [6.07, 6.45) is 2.43. The van der Waals surface area contributed by atoms with E-state index >= 15 is 0 Å². The third kappa shape index (κ3) is 2.75. The Morgan fingerprint density at radius 3 is 2.50 bits per heavy atom. The molecule has 8 heavy (non-hydrogen) atoms. The van der Waals surface area contributed by atoms with E-state index in [9.17, 15) is 4.79 Å². The van der Waals surface area contributed by atoms with Gasteiger partial charge in [-0.3, -0.25) is 0 Å². The highest BCUT2D eigenvalue weighted by Crippen LogP contribution is 2.03. The van der Waals surface area contributed by atoms with Crippen LogP contribution in [0.4, 0.5) is 0 Å². The Hall–Kier alpha value is -0.370. The summed E-state index contributed by atoms with van der Waals surface area (Å²) in [5, 5.41) is 8.30. The first-order valence-electron chi connectivity index (χ1n) is 2.78. The van der Waals surface area contributed by atoms with Crippen LogP contribution in [-0.4, -0.2) is 11.4 Å². The van der Waals surface area contributed by atoms with Crippen molar-refractivity contribution in [1.29, 1.82) is 0 Å². The fourth-order valence-corrected chi connectivity index (χ4v) is 0.511. The van der Waals surface area contributed by atoms with Crippen LogP contribution in [0.5, 0.6) is 0 Å². The van der Waals surface area contributed by atoms with Gasteiger partial charge in [-0.15, -0.1) is 0 Å². The van der Waals surface area contributed by atoms with Crippen LogP contribution in [0.2, 0.25) is 0 Å². The maximum Gasteiger partial charge on any atom is 0.125 e. The number of rotatable bonds is 4. The zero-order chi connectivity index (χ0) is 6.41. The van der Waals surface area contributed by atoms with Gasteiger partial charge in [-0.2, -0.15) is 0 Å². The topological polar surface area (TPSA) is 37.3 Å². The molecule has 0 saturated carbocycles. The maximum atomic E-state index is 9.93. The van der Waals surface area contributed by atoms with E-state index in [1.807, 2.05) is 6.92 Å². The molecule has 0 aromatic heterocycles. The second kappa shape index (κ2) is 4.78.